The lowest BCUT2D eigenvalue weighted by Crippen LogP contribution is -2.64. The standard InChI is InChI=1S/C8H5F9O3/c1-2-18-7(15,16)5(11,12)6(13,14)8(17)19-3(9)4(10)20-8/h2H2,1H3. The summed E-state index contributed by atoms with van der Waals surface area (Å²) in [6.07, 6.45) is -5.85. The van der Waals surface area contributed by atoms with Crippen LogP contribution in [0.5, 0.6) is 0 Å². The summed E-state index contributed by atoms with van der Waals surface area (Å²) in [5.74, 6) is -13.0. The fraction of sp³-hybridized carbons (Fsp3) is 0.750. The average Bonchev–Trinajstić information content (AvgIpc) is 2.53. The first-order valence-electron chi connectivity index (χ1n) is 4.72. The molecule has 0 atom stereocenters. The molecule has 1 rings (SSSR count). The molecular weight excluding hydrogens is 315 g/mol. The highest BCUT2D eigenvalue weighted by Crippen LogP contribution is 2.55. The second kappa shape index (κ2) is 4.60. The molecule has 0 aromatic carbocycles. The van der Waals surface area contributed by atoms with Crippen molar-refractivity contribution in [2.45, 2.75) is 30.9 Å². The Bertz CT molecular complexity index is 405. The van der Waals surface area contributed by atoms with Gasteiger partial charge in [0, 0.05) is 0 Å². The van der Waals surface area contributed by atoms with Crippen LogP contribution >= 0.6 is 0 Å². The summed E-state index contributed by atoms with van der Waals surface area (Å²) in [6.45, 7) is -0.378. The maximum atomic E-state index is 13.3. The first-order chi connectivity index (χ1) is 8.82. The van der Waals surface area contributed by atoms with Gasteiger partial charge in [0.25, 0.3) is 0 Å². The van der Waals surface area contributed by atoms with Crippen molar-refractivity contribution >= 4 is 0 Å². The lowest BCUT2D eigenvalue weighted by atomic mass is 10.1. The van der Waals surface area contributed by atoms with Crippen molar-refractivity contribution in [1.29, 1.82) is 0 Å². The second-order valence-electron chi connectivity index (χ2n) is 3.39. The summed E-state index contributed by atoms with van der Waals surface area (Å²) >= 11 is 0. The topological polar surface area (TPSA) is 27.7 Å². The molecule has 12 heteroatoms. The van der Waals surface area contributed by atoms with E-state index in [9.17, 15) is 39.5 Å². The fourth-order valence-corrected chi connectivity index (χ4v) is 1.10. The highest BCUT2D eigenvalue weighted by molar-refractivity contribution is 5.04. The molecule has 0 spiro atoms. The lowest BCUT2D eigenvalue weighted by molar-refractivity contribution is -0.469. The molecule has 0 radical (unpaired) electrons. The minimum Gasteiger partial charge on any atom is -0.390 e. The number of alkyl halides is 7. The predicted molar refractivity (Wildman–Crippen MR) is 41.7 cm³/mol. The summed E-state index contributed by atoms with van der Waals surface area (Å²) in [7, 11) is 0. The van der Waals surface area contributed by atoms with Crippen LogP contribution in [0.4, 0.5) is 39.5 Å². The van der Waals surface area contributed by atoms with E-state index in [0.717, 1.165) is 6.92 Å². The molecule has 0 amide bonds. The van der Waals surface area contributed by atoms with Crippen molar-refractivity contribution in [2.75, 3.05) is 6.61 Å². The summed E-state index contributed by atoms with van der Waals surface area (Å²) < 4.78 is 125. The van der Waals surface area contributed by atoms with Crippen LogP contribution in [0.3, 0.4) is 0 Å². The minimum atomic E-state index is -6.53. The zero-order chi connectivity index (χ0) is 16.0. The van der Waals surface area contributed by atoms with Gasteiger partial charge in [-0.2, -0.15) is 39.5 Å². The van der Waals surface area contributed by atoms with Crippen molar-refractivity contribution < 1.29 is 53.7 Å². The molecule has 0 saturated carbocycles. The number of hydrogen-bond donors (Lipinski definition) is 0. The lowest BCUT2D eigenvalue weighted by Gasteiger charge is -2.35. The Labute approximate surface area is 104 Å². The Balaban J connectivity index is 3.16. The van der Waals surface area contributed by atoms with Crippen molar-refractivity contribution in [2.24, 2.45) is 0 Å². The van der Waals surface area contributed by atoms with Crippen molar-refractivity contribution in [3.05, 3.63) is 12.0 Å². The molecule has 0 saturated heterocycles. The van der Waals surface area contributed by atoms with E-state index in [1.165, 1.54) is 0 Å². The number of rotatable bonds is 5. The molecule has 20 heavy (non-hydrogen) atoms. The van der Waals surface area contributed by atoms with Gasteiger partial charge in [-0.1, -0.05) is 0 Å². The van der Waals surface area contributed by atoms with Gasteiger partial charge in [0.2, 0.25) is 0 Å². The van der Waals surface area contributed by atoms with Crippen LogP contribution in [0.15, 0.2) is 12.0 Å². The molecule has 0 bridgehead atoms. The molecule has 0 N–H and O–H groups in total. The Morgan fingerprint density at radius 3 is 1.75 bits per heavy atom. The molecule has 1 aliphatic heterocycles. The smallest absolute Gasteiger partial charge is 0.390 e. The van der Waals surface area contributed by atoms with E-state index >= 15 is 0 Å². The zero-order valence-corrected chi connectivity index (χ0v) is 9.33. The number of halogens is 9. The van der Waals surface area contributed by atoms with Crippen LogP contribution < -0.4 is 0 Å². The largest absolute Gasteiger partial charge is 0.485 e. The molecule has 0 aliphatic carbocycles. The molecule has 0 aromatic rings. The second-order valence-corrected chi connectivity index (χ2v) is 3.39. The first kappa shape index (κ1) is 16.7. The summed E-state index contributed by atoms with van der Waals surface area (Å²) in [5, 5.41) is 0. The SMILES string of the molecule is CCOC(F)(F)C(F)(F)C(F)(F)C1(F)OC(F)=C(F)O1. The van der Waals surface area contributed by atoms with E-state index in [0.29, 0.717) is 0 Å². The Morgan fingerprint density at radius 1 is 1.00 bits per heavy atom. The molecule has 3 nitrogen and oxygen atoms in total. The monoisotopic (exact) mass is 320 g/mol. The quantitative estimate of drug-likeness (QED) is 0.724. The predicted octanol–water partition coefficient (Wildman–Crippen LogP) is 3.62. The van der Waals surface area contributed by atoms with Gasteiger partial charge < -0.3 is 14.2 Å². The highest BCUT2D eigenvalue weighted by Gasteiger charge is 2.85. The number of ether oxygens (including phenoxy) is 3. The van der Waals surface area contributed by atoms with Gasteiger partial charge in [0.05, 0.1) is 6.61 Å². The van der Waals surface area contributed by atoms with E-state index in [2.05, 4.69) is 14.2 Å². The van der Waals surface area contributed by atoms with Gasteiger partial charge in [-0.15, -0.1) is 0 Å². The van der Waals surface area contributed by atoms with Crippen LogP contribution in [-0.2, 0) is 14.2 Å². The maximum Gasteiger partial charge on any atom is 0.485 e. The molecule has 1 heterocycles. The first-order valence-corrected chi connectivity index (χ1v) is 4.72. The third-order valence-electron chi connectivity index (χ3n) is 2.06. The molecule has 1 aliphatic rings. The van der Waals surface area contributed by atoms with Crippen LogP contribution in [0, 0.1) is 0 Å². The van der Waals surface area contributed by atoms with Crippen molar-refractivity contribution in [3.8, 4) is 0 Å². The van der Waals surface area contributed by atoms with Gasteiger partial charge in [-0.25, -0.2) is 0 Å². The third-order valence-corrected chi connectivity index (χ3v) is 2.06. The normalized spacial score (nSPS) is 19.9. The van der Waals surface area contributed by atoms with Crippen molar-refractivity contribution in [3.63, 3.8) is 0 Å². The fourth-order valence-electron chi connectivity index (χ4n) is 1.10. The molecule has 0 unspecified atom stereocenters. The van der Waals surface area contributed by atoms with Gasteiger partial charge >= 0.3 is 36.0 Å². The molecule has 0 aromatic heterocycles. The Hall–Kier alpha value is -1.33. The summed E-state index contributed by atoms with van der Waals surface area (Å²) in [4.78, 5) is 0. The van der Waals surface area contributed by atoms with Gasteiger partial charge in [0.1, 0.15) is 0 Å². The highest BCUT2D eigenvalue weighted by atomic mass is 19.4. The van der Waals surface area contributed by atoms with Gasteiger partial charge in [-0.3, -0.25) is 0 Å². The zero-order valence-electron chi connectivity index (χ0n) is 9.33. The van der Waals surface area contributed by atoms with Gasteiger partial charge in [0.15, 0.2) is 0 Å². The van der Waals surface area contributed by atoms with Crippen LogP contribution in [0.25, 0.3) is 0 Å². The van der Waals surface area contributed by atoms with Crippen molar-refractivity contribution in [1.82, 2.24) is 0 Å². The van der Waals surface area contributed by atoms with Crippen LogP contribution in [0.1, 0.15) is 6.92 Å². The third kappa shape index (κ3) is 2.15. The maximum absolute atomic E-state index is 13.3. The minimum absolute atomic E-state index is 0.761. The van der Waals surface area contributed by atoms with E-state index in [4.69, 9.17) is 0 Å². The van der Waals surface area contributed by atoms with E-state index < -0.39 is 42.6 Å². The molecule has 118 valence electrons. The Morgan fingerprint density at radius 2 is 1.40 bits per heavy atom. The van der Waals surface area contributed by atoms with Gasteiger partial charge in [-0.05, 0) is 6.92 Å². The summed E-state index contributed by atoms with van der Waals surface area (Å²) in [6, 6.07) is -11.0. The summed E-state index contributed by atoms with van der Waals surface area (Å²) in [5.41, 5.74) is 0. The number of hydrogen-bond acceptors (Lipinski definition) is 3. The molecular formula is C8H5F9O3. The van der Waals surface area contributed by atoms with E-state index in [1.54, 1.807) is 0 Å². The average molecular weight is 320 g/mol. The van der Waals surface area contributed by atoms with Crippen LogP contribution in [-0.4, -0.2) is 30.6 Å². The molecule has 0 fully saturated rings. The Kier molecular flexibility index (Phi) is 3.85. The van der Waals surface area contributed by atoms with Crippen LogP contribution in [0.2, 0.25) is 0 Å². The van der Waals surface area contributed by atoms with E-state index in [-0.39, 0.29) is 0 Å². The van der Waals surface area contributed by atoms with E-state index in [1.807, 2.05) is 0 Å².